The van der Waals surface area contributed by atoms with Gasteiger partial charge in [-0.25, -0.2) is 8.78 Å². The van der Waals surface area contributed by atoms with E-state index in [-0.39, 0.29) is 18.2 Å². The monoisotopic (exact) mass is 391 g/mol. The normalized spacial score (nSPS) is 17.5. The minimum absolute atomic E-state index is 0.0327. The summed E-state index contributed by atoms with van der Waals surface area (Å²) in [6, 6.07) is 10.6. The first kappa shape index (κ1) is 19.6. The van der Waals surface area contributed by atoms with Crippen LogP contribution in [0.15, 0.2) is 36.4 Å². The largest absolute Gasteiger partial charge is 0.363 e. The highest BCUT2D eigenvalue weighted by Gasteiger charge is 2.27. The highest BCUT2D eigenvalue weighted by atomic mass is 35.5. The van der Waals surface area contributed by atoms with Gasteiger partial charge in [0.25, 0.3) is 0 Å². The molecule has 1 heterocycles. The van der Waals surface area contributed by atoms with E-state index < -0.39 is 11.6 Å². The molecule has 142 valence electrons. The van der Waals surface area contributed by atoms with Crippen molar-refractivity contribution in [3.63, 3.8) is 0 Å². The first-order chi connectivity index (χ1) is 13.0. The second-order valence-corrected chi connectivity index (χ2v) is 6.80. The van der Waals surface area contributed by atoms with Gasteiger partial charge in [-0.05, 0) is 42.8 Å². The molecule has 4 nitrogen and oxygen atoms in total. The van der Waals surface area contributed by atoms with Gasteiger partial charge in [0, 0.05) is 36.9 Å². The Balaban J connectivity index is 1.97. The Morgan fingerprint density at radius 1 is 1.30 bits per heavy atom. The van der Waals surface area contributed by atoms with Gasteiger partial charge >= 0.3 is 0 Å². The van der Waals surface area contributed by atoms with Crippen LogP contribution in [0.1, 0.15) is 24.5 Å². The van der Waals surface area contributed by atoms with Crippen molar-refractivity contribution in [1.82, 2.24) is 5.06 Å². The van der Waals surface area contributed by atoms with Gasteiger partial charge in [0.1, 0.15) is 17.7 Å². The quantitative estimate of drug-likeness (QED) is 0.751. The average molecular weight is 392 g/mol. The third kappa shape index (κ3) is 4.56. The van der Waals surface area contributed by atoms with Crippen molar-refractivity contribution in [3.05, 3.63) is 64.2 Å². The Morgan fingerprint density at radius 2 is 2.11 bits per heavy atom. The zero-order chi connectivity index (χ0) is 19.4. The van der Waals surface area contributed by atoms with E-state index in [0.717, 1.165) is 30.8 Å². The van der Waals surface area contributed by atoms with Crippen molar-refractivity contribution in [2.24, 2.45) is 0 Å². The second kappa shape index (κ2) is 8.66. The number of nitriles is 1. The van der Waals surface area contributed by atoms with E-state index in [4.69, 9.17) is 21.7 Å². The van der Waals surface area contributed by atoms with Crippen LogP contribution in [0.4, 0.5) is 14.5 Å². The van der Waals surface area contributed by atoms with Gasteiger partial charge < -0.3 is 4.90 Å². The lowest BCUT2D eigenvalue weighted by Gasteiger charge is -2.40. The second-order valence-electron chi connectivity index (χ2n) is 6.40. The maximum atomic E-state index is 14.3. The molecule has 0 N–H and O–H groups in total. The molecule has 2 aromatic rings. The topological polar surface area (TPSA) is 39.5 Å². The van der Waals surface area contributed by atoms with E-state index in [2.05, 4.69) is 0 Å². The number of anilines is 1. The molecule has 7 heteroatoms. The Labute approximate surface area is 162 Å². The Kier molecular flexibility index (Phi) is 6.27. The molecule has 0 spiro atoms. The molecular formula is C20H20ClF2N3O. The van der Waals surface area contributed by atoms with Crippen molar-refractivity contribution in [3.8, 4) is 6.07 Å². The highest BCUT2D eigenvalue weighted by Crippen LogP contribution is 2.29. The standard InChI is InChI=1S/C20H20ClF2N3O/c1-2-25-13-18(7-8-27-25)26(12-15-9-16(22)4-6-20(15)23)17-5-3-14(11-24)19(21)10-17/h3-6,9-10,18H,2,7-8,12-13H2,1H3/t18-/m0/s1. The fraction of sp³-hybridized carbons (Fsp3) is 0.350. The van der Waals surface area contributed by atoms with Crippen molar-refractivity contribution in [1.29, 1.82) is 5.26 Å². The number of hydrogen-bond donors (Lipinski definition) is 0. The molecule has 0 amide bonds. The van der Waals surface area contributed by atoms with Crippen molar-refractivity contribution in [2.45, 2.75) is 25.9 Å². The van der Waals surface area contributed by atoms with Crippen LogP contribution >= 0.6 is 11.6 Å². The van der Waals surface area contributed by atoms with E-state index in [1.807, 2.05) is 23.0 Å². The predicted octanol–water partition coefficient (Wildman–Crippen LogP) is 4.52. The van der Waals surface area contributed by atoms with Gasteiger partial charge in [0.2, 0.25) is 0 Å². The number of nitrogens with zero attached hydrogens (tertiary/aromatic N) is 3. The molecule has 1 aliphatic heterocycles. The summed E-state index contributed by atoms with van der Waals surface area (Å²) in [5.74, 6) is -0.938. The van der Waals surface area contributed by atoms with Gasteiger partial charge in [0.05, 0.1) is 17.2 Å². The fourth-order valence-corrected chi connectivity index (χ4v) is 3.44. The van der Waals surface area contributed by atoms with Crippen LogP contribution in [0, 0.1) is 23.0 Å². The number of hydroxylamine groups is 2. The van der Waals surface area contributed by atoms with Gasteiger partial charge in [-0.1, -0.05) is 18.5 Å². The number of likely N-dealkylation sites (N-methyl/N-ethyl adjacent to an activating group) is 1. The third-order valence-corrected chi connectivity index (χ3v) is 5.00. The van der Waals surface area contributed by atoms with Crippen LogP contribution in [0.5, 0.6) is 0 Å². The zero-order valence-corrected chi connectivity index (χ0v) is 15.7. The van der Waals surface area contributed by atoms with Crippen molar-refractivity contribution in [2.75, 3.05) is 24.6 Å². The van der Waals surface area contributed by atoms with Crippen LogP contribution in [0.3, 0.4) is 0 Å². The highest BCUT2D eigenvalue weighted by molar-refractivity contribution is 6.32. The smallest absolute Gasteiger partial charge is 0.128 e. The van der Waals surface area contributed by atoms with Gasteiger partial charge in [-0.2, -0.15) is 10.3 Å². The molecule has 1 atom stereocenters. The lowest BCUT2D eigenvalue weighted by atomic mass is 10.1. The third-order valence-electron chi connectivity index (χ3n) is 4.69. The molecule has 0 aliphatic carbocycles. The van der Waals surface area contributed by atoms with Gasteiger partial charge in [0.15, 0.2) is 0 Å². The maximum Gasteiger partial charge on any atom is 0.128 e. The van der Waals surface area contributed by atoms with E-state index in [1.165, 1.54) is 6.07 Å². The van der Waals surface area contributed by atoms with Crippen molar-refractivity contribution >= 4 is 17.3 Å². The maximum absolute atomic E-state index is 14.3. The Bertz CT molecular complexity index is 856. The molecule has 0 unspecified atom stereocenters. The summed E-state index contributed by atoms with van der Waals surface area (Å²) in [4.78, 5) is 7.60. The lowest BCUT2D eigenvalue weighted by Crippen LogP contribution is -2.48. The summed E-state index contributed by atoms with van der Waals surface area (Å²) in [6.07, 6.45) is 0.741. The van der Waals surface area contributed by atoms with Crippen LogP contribution in [0.2, 0.25) is 5.02 Å². The molecule has 0 bridgehead atoms. The summed E-state index contributed by atoms with van der Waals surface area (Å²) in [6.45, 7) is 4.09. The molecule has 3 rings (SSSR count). The number of hydrogen-bond acceptors (Lipinski definition) is 4. The minimum Gasteiger partial charge on any atom is -0.363 e. The number of benzene rings is 2. The molecule has 27 heavy (non-hydrogen) atoms. The molecule has 0 aromatic heterocycles. The zero-order valence-electron chi connectivity index (χ0n) is 15.0. The van der Waals surface area contributed by atoms with E-state index in [9.17, 15) is 8.78 Å². The summed E-state index contributed by atoms with van der Waals surface area (Å²) < 4.78 is 27.9. The fourth-order valence-electron chi connectivity index (χ4n) is 3.22. The van der Waals surface area contributed by atoms with Crippen LogP contribution in [-0.4, -0.2) is 30.8 Å². The SMILES string of the molecule is CCN1C[C@@H](N(Cc2cc(F)ccc2F)c2ccc(C#N)c(Cl)c2)CCO1. The molecule has 0 saturated carbocycles. The van der Waals surface area contributed by atoms with E-state index in [1.54, 1.807) is 18.2 Å². The number of halogens is 3. The first-order valence-electron chi connectivity index (χ1n) is 8.80. The van der Waals surface area contributed by atoms with E-state index >= 15 is 0 Å². The average Bonchev–Trinajstić information content (AvgIpc) is 2.68. The Morgan fingerprint density at radius 3 is 2.81 bits per heavy atom. The van der Waals surface area contributed by atoms with Crippen LogP contribution in [-0.2, 0) is 11.4 Å². The molecule has 1 aliphatic rings. The molecule has 1 saturated heterocycles. The van der Waals surface area contributed by atoms with Gasteiger partial charge in [-0.15, -0.1) is 0 Å². The molecule has 1 fully saturated rings. The van der Waals surface area contributed by atoms with Crippen LogP contribution < -0.4 is 4.90 Å². The molecule has 0 radical (unpaired) electrons. The molecular weight excluding hydrogens is 372 g/mol. The predicted molar refractivity (Wildman–Crippen MR) is 100 cm³/mol. The van der Waals surface area contributed by atoms with Gasteiger partial charge in [-0.3, -0.25) is 4.84 Å². The van der Waals surface area contributed by atoms with Crippen molar-refractivity contribution < 1.29 is 13.6 Å². The molecule has 2 aromatic carbocycles. The summed E-state index contributed by atoms with van der Waals surface area (Å²) in [7, 11) is 0. The summed E-state index contributed by atoms with van der Waals surface area (Å²) in [5.41, 5.74) is 1.40. The van der Waals surface area contributed by atoms with Crippen LogP contribution in [0.25, 0.3) is 0 Å². The van der Waals surface area contributed by atoms with E-state index in [0.29, 0.717) is 23.7 Å². The Hall–Kier alpha value is -2.20. The summed E-state index contributed by atoms with van der Waals surface area (Å²) >= 11 is 6.21. The summed E-state index contributed by atoms with van der Waals surface area (Å²) in [5, 5.41) is 11.3. The lowest BCUT2D eigenvalue weighted by molar-refractivity contribution is -0.182. The number of rotatable bonds is 5. The first-order valence-corrected chi connectivity index (χ1v) is 9.17. The minimum atomic E-state index is -0.480.